The van der Waals surface area contributed by atoms with Gasteiger partial charge in [0.15, 0.2) is 0 Å². The van der Waals surface area contributed by atoms with Crippen molar-refractivity contribution >= 4 is 56.2 Å². The molecule has 0 bridgehead atoms. The number of nitrogens with one attached hydrogen (secondary N) is 1. The average Bonchev–Trinajstić information content (AvgIpc) is 2.34. The molecule has 0 aliphatic rings. The van der Waals surface area contributed by atoms with Crippen molar-refractivity contribution in [2.24, 2.45) is 5.73 Å². The number of rotatable bonds is 3. The monoisotopic (exact) mass is 342 g/mol. The number of anilines is 2. The molecule has 4 nitrogen and oxygen atoms in total. The predicted molar refractivity (Wildman–Crippen MR) is 80.4 cm³/mol. The summed E-state index contributed by atoms with van der Waals surface area (Å²) in [5.74, 6) is 0.565. The Balaban J connectivity index is 2.23. The number of hydrogen-bond acceptors (Lipinski definition) is 4. The molecule has 3 N–H and O–H groups in total. The maximum atomic E-state index is 6.06. The third-order valence-corrected chi connectivity index (χ3v) is 3.13. The molecule has 0 unspecified atom stereocenters. The van der Waals surface area contributed by atoms with Crippen LogP contribution in [0.3, 0.4) is 0 Å². The van der Waals surface area contributed by atoms with Gasteiger partial charge in [-0.3, -0.25) is 0 Å². The molecule has 0 saturated carbocycles. The lowest BCUT2D eigenvalue weighted by atomic mass is 10.3. The molecule has 92 valence electrons. The van der Waals surface area contributed by atoms with Gasteiger partial charge >= 0.3 is 0 Å². The van der Waals surface area contributed by atoms with Gasteiger partial charge in [0.05, 0.1) is 23.1 Å². The fraction of sp³-hybridized carbons (Fsp3) is 0. The SMILES string of the molecule is NC(=S)c1cnc(Nc2cc(Br)ccc2Cl)cn1. The van der Waals surface area contributed by atoms with E-state index in [1.807, 2.05) is 12.1 Å². The van der Waals surface area contributed by atoms with Crippen molar-refractivity contribution in [3.63, 3.8) is 0 Å². The van der Waals surface area contributed by atoms with Crippen LogP contribution >= 0.6 is 39.7 Å². The van der Waals surface area contributed by atoms with E-state index < -0.39 is 0 Å². The van der Waals surface area contributed by atoms with Crippen molar-refractivity contribution in [3.8, 4) is 0 Å². The van der Waals surface area contributed by atoms with Crippen LogP contribution in [-0.2, 0) is 0 Å². The first-order chi connectivity index (χ1) is 8.56. The molecule has 2 rings (SSSR count). The zero-order valence-electron chi connectivity index (χ0n) is 9.02. The molecule has 0 radical (unpaired) electrons. The second kappa shape index (κ2) is 5.60. The fourth-order valence-electron chi connectivity index (χ4n) is 1.25. The van der Waals surface area contributed by atoms with E-state index in [2.05, 4.69) is 31.2 Å². The van der Waals surface area contributed by atoms with E-state index in [1.54, 1.807) is 12.3 Å². The molecular weight excluding hydrogens is 336 g/mol. The molecule has 1 aromatic heterocycles. The Bertz CT molecular complexity index is 588. The molecule has 0 amide bonds. The zero-order chi connectivity index (χ0) is 13.1. The highest BCUT2D eigenvalue weighted by molar-refractivity contribution is 9.10. The standard InChI is InChI=1S/C11H8BrClN4S/c12-6-1-2-7(13)8(3-6)17-10-5-15-9(4-16-10)11(14)18/h1-5H,(H2,14,18)(H,16,17). The largest absolute Gasteiger partial charge is 0.388 e. The van der Waals surface area contributed by atoms with Gasteiger partial charge in [-0.15, -0.1) is 0 Å². The summed E-state index contributed by atoms with van der Waals surface area (Å²) in [5, 5.41) is 3.66. The van der Waals surface area contributed by atoms with Crippen LogP contribution in [0.1, 0.15) is 5.69 Å². The third-order valence-electron chi connectivity index (χ3n) is 2.10. The summed E-state index contributed by atoms with van der Waals surface area (Å²) in [5.41, 5.74) is 6.66. The van der Waals surface area contributed by atoms with Crippen molar-refractivity contribution in [1.29, 1.82) is 0 Å². The van der Waals surface area contributed by atoms with Crippen LogP contribution in [0.4, 0.5) is 11.5 Å². The Labute approximate surface area is 123 Å². The van der Waals surface area contributed by atoms with E-state index in [0.29, 0.717) is 16.5 Å². The second-order valence-corrected chi connectivity index (χ2v) is 5.16. The molecular formula is C11H8BrClN4S. The predicted octanol–water partition coefficient (Wildman–Crippen LogP) is 3.27. The first-order valence-electron chi connectivity index (χ1n) is 4.90. The van der Waals surface area contributed by atoms with Gasteiger partial charge in [0.25, 0.3) is 0 Å². The van der Waals surface area contributed by atoms with Crippen molar-refractivity contribution in [2.45, 2.75) is 0 Å². The number of benzene rings is 1. The maximum Gasteiger partial charge on any atom is 0.148 e. The topological polar surface area (TPSA) is 63.8 Å². The third kappa shape index (κ3) is 3.16. The molecule has 0 saturated heterocycles. The lowest BCUT2D eigenvalue weighted by Gasteiger charge is -2.08. The Hall–Kier alpha value is -1.24. The molecule has 0 atom stereocenters. The number of halogens is 2. The van der Waals surface area contributed by atoms with Crippen LogP contribution in [-0.4, -0.2) is 15.0 Å². The van der Waals surface area contributed by atoms with E-state index in [0.717, 1.165) is 10.2 Å². The summed E-state index contributed by atoms with van der Waals surface area (Å²) in [4.78, 5) is 8.45. The zero-order valence-corrected chi connectivity index (χ0v) is 12.2. The van der Waals surface area contributed by atoms with E-state index in [1.165, 1.54) is 6.20 Å². The van der Waals surface area contributed by atoms with Crippen molar-refractivity contribution in [2.75, 3.05) is 5.32 Å². The molecule has 7 heteroatoms. The van der Waals surface area contributed by atoms with E-state index in [-0.39, 0.29) is 4.99 Å². The molecule has 0 aliphatic carbocycles. The van der Waals surface area contributed by atoms with E-state index in [9.17, 15) is 0 Å². The number of nitrogens with two attached hydrogens (primary N) is 1. The van der Waals surface area contributed by atoms with Gasteiger partial charge in [0.1, 0.15) is 16.5 Å². The van der Waals surface area contributed by atoms with Crippen molar-refractivity contribution in [1.82, 2.24) is 9.97 Å². The molecule has 2 aromatic rings. The Morgan fingerprint density at radius 2 is 2.11 bits per heavy atom. The van der Waals surface area contributed by atoms with Crippen LogP contribution in [0.2, 0.25) is 5.02 Å². The molecule has 1 aromatic carbocycles. The molecule has 18 heavy (non-hydrogen) atoms. The van der Waals surface area contributed by atoms with Crippen LogP contribution in [0.25, 0.3) is 0 Å². The Kier molecular flexibility index (Phi) is 4.11. The van der Waals surface area contributed by atoms with Gasteiger partial charge in [-0.1, -0.05) is 39.7 Å². The smallest absolute Gasteiger partial charge is 0.148 e. The quantitative estimate of drug-likeness (QED) is 0.837. The molecule has 0 fully saturated rings. The molecule has 0 spiro atoms. The lowest BCUT2D eigenvalue weighted by molar-refractivity contribution is 1.18. The van der Waals surface area contributed by atoms with Gasteiger partial charge in [0, 0.05) is 4.47 Å². The van der Waals surface area contributed by atoms with Crippen LogP contribution < -0.4 is 11.1 Å². The number of nitrogens with zero attached hydrogens (tertiary/aromatic N) is 2. The summed E-state index contributed by atoms with van der Waals surface area (Å²) in [6.07, 6.45) is 3.06. The van der Waals surface area contributed by atoms with Gasteiger partial charge < -0.3 is 11.1 Å². The van der Waals surface area contributed by atoms with Gasteiger partial charge in [0.2, 0.25) is 0 Å². The van der Waals surface area contributed by atoms with Crippen molar-refractivity contribution < 1.29 is 0 Å². The van der Waals surface area contributed by atoms with E-state index in [4.69, 9.17) is 29.6 Å². The molecule has 1 heterocycles. The van der Waals surface area contributed by atoms with Crippen LogP contribution in [0.15, 0.2) is 35.1 Å². The van der Waals surface area contributed by atoms with Crippen molar-refractivity contribution in [3.05, 3.63) is 45.8 Å². The summed E-state index contributed by atoms with van der Waals surface area (Å²) < 4.78 is 0.919. The normalized spacial score (nSPS) is 10.1. The number of thiocarbonyl (C=S) groups is 1. The average molecular weight is 344 g/mol. The second-order valence-electron chi connectivity index (χ2n) is 3.40. The first-order valence-corrected chi connectivity index (χ1v) is 6.48. The summed E-state index contributed by atoms with van der Waals surface area (Å²) in [7, 11) is 0. The lowest BCUT2D eigenvalue weighted by Crippen LogP contribution is -2.12. The van der Waals surface area contributed by atoms with Gasteiger partial charge in [-0.2, -0.15) is 0 Å². The van der Waals surface area contributed by atoms with Crippen LogP contribution in [0.5, 0.6) is 0 Å². The minimum Gasteiger partial charge on any atom is -0.388 e. The van der Waals surface area contributed by atoms with Gasteiger partial charge in [-0.05, 0) is 18.2 Å². The van der Waals surface area contributed by atoms with E-state index >= 15 is 0 Å². The van der Waals surface area contributed by atoms with Gasteiger partial charge in [-0.25, -0.2) is 9.97 Å². The minimum absolute atomic E-state index is 0.217. The summed E-state index contributed by atoms with van der Waals surface area (Å²) >= 11 is 14.2. The molecule has 0 aliphatic heterocycles. The fourth-order valence-corrected chi connectivity index (χ4v) is 1.88. The maximum absolute atomic E-state index is 6.06. The highest BCUT2D eigenvalue weighted by Crippen LogP contribution is 2.27. The Morgan fingerprint density at radius 1 is 1.33 bits per heavy atom. The van der Waals surface area contributed by atoms with Crippen LogP contribution in [0, 0.1) is 0 Å². The highest BCUT2D eigenvalue weighted by Gasteiger charge is 2.04. The minimum atomic E-state index is 0.217. The highest BCUT2D eigenvalue weighted by atomic mass is 79.9. The first kappa shape index (κ1) is 13.2. The number of hydrogen-bond donors (Lipinski definition) is 2. The summed E-state index contributed by atoms with van der Waals surface area (Å²) in [6.45, 7) is 0. The summed E-state index contributed by atoms with van der Waals surface area (Å²) in [6, 6.07) is 5.49. The Morgan fingerprint density at radius 3 is 2.72 bits per heavy atom. The number of aromatic nitrogens is 2.